The third-order valence-corrected chi connectivity index (χ3v) is 2.77. The van der Waals surface area contributed by atoms with Gasteiger partial charge in [-0.25, -0.2) is 0 Å². The molecule has 100 valence electrons. The van der Waals surface area contributed by atoms with Crippen LogP contribution in [0.2, 0.25) is 0 Å². The van der Waals surface area contributed by atoms with Crippen molar-refractivity contribution in [2.24, 2.45) is 0 Å². The number of anilines is 1. The summed E-state index contributed by atoms with van der Waals surface area (Å²) in [6.45, 7) is 0.788. The quantitative estimate of drug-likeness (QED) is 0.837. The number of benzene rings is 1. The second-order valence-electron chi connectivity index (χ2n) is 4.36. The van der Waals surface area contributed by atoms with Gasteiger partial charge >= 0.3 is 0 Å². The summed E-state index contributed by atoms with van der Waals surface area (Å²) in [5.41, 5.74) is 1.98. The van der Waals surface area contributed by atoms with Gasteiger partial charge in [-0.2, -0.15) is 0 Å². The minimum atomic E-state index is -0.00184. The van der Waals surface area contributed by atoms with Crippen molar-refractivity contribution in [3.8, 4) is 0 Å². The lowest BCUT2D eigenvalue weighted by atomic mass is 10.2. The Labute approximate surface area is 112 Å². The molecule has 0 radical (unpaired) electrons. The molecule has 0 spiro atoms. The molecule has 1 heterocycles. The standard InChI is InChI=1S/C15H18N2O2/c1-16-11-12-4-2-5-13(10-12)17-15(18)8-7-14-6-3-9-19-14/h2-6,9-10,16H,7-8,11H2,1H3,(H,17,18). The minimum Gasteiger partial charge on any atom is -0.469 e. The summed E-state index contributed by atoms with van der Waals surface area (Å²) in [6, 6.07) is 11.5. The minimum absolute atomic E-state index is 0.00184. The molecule has 4 heteroatoms. The first-order valence-electron chi connectivity index (χ1n) is 6.33. The third kappa shape index (κ3) is 4.26. The lowest BCUT2D eigenvalue weighted by Crippen LogP contribution is -2.13. The number of nitrogens with one attached hydrogen (secondary N) is 2. The van der Waals surface area contributed by atoms with E-state index >= 15 is 0 Å². The summed E-state index contributed by atoms with van der Waals surface area (Å²) >= 11 is 0. The number of furan rings is 1. The van der Waals surface area contributed by atoms with Crippen LogP contribution in [0.4, 0.5) is 5.69 Å². The highest BCUT2D eigenvalue weighted by molar-refractivity contribution is 5.90. The largest absolute Gasteiger partial charge is 0.469 e. The van der Waals surface area contributed by atoms with Crippen LogP contribution in [0.5, 0.6) is 0 Å². The van der Waals surface area contributed by atoms with Crippen molar-refractivity contribution < 1.29 is 9.21 Å². The highest BCUT2D eigenvalue weighted by atomic mass is 16.3. The van der Waals surface area contributed by atoms with Gasteiger partial charge < -0.3 is 15.1 Å². The van der Waals surface area contributed by atoms with Crippen LogP contribution in [-0.4, -0.2) is 13.0 Å². The second kappa shape index (κ2) is 6.75. The van der Waals surface area contributed by atoms with Gasteiger partial charge in [-0.3, -0.25) is 4.79 Å². The van der Waals surface area contributed by atoms with Gasteiger partial charge in [0.2, 0.25) is 5.91 Å². The zero-order valence-corrected chi connectivity index (χ0v) is 11.0. The fourth-order valence-corrected chi connectivity index (χ4v) is 1.88. The van der Waals surface area contributed by atoms with Crippen LogP contribution in [0, 0.1) is 0 Å². The first-order chi connectivity index (χ1) is 9.28. The molecule has 2 aromatic rings. The molecule has 0 unspecified atom stereocenters. The molecule has 1 aromatic carbocycles. The lowest BCUT2D eigenvalue weighted by Gasteiger charge is -2.07. The first-order valence-corrected chi connectivity index (χ1v) is 6.33. The van der Waals surface area contributed by atoms with E-state index in [9.17, 15) is 4.79 Å². The summed E-state index contributed by atoms with van der Waals surface area (Å²) in [5, 5.41) is 5.98. The van der Waals surface area contributed by atoms with Gasteiger partial charge in [-0.1, -0.05) is 12.1 Å². The summed E-state index contributed by atoms with van der Waals surface area (Å²) in [4.78, 5) is 11.8. The molecule has 0 aliphatic carbocycles. The van der Waals surface area contributed by atoms with E-state index in [2.05, 4.69) is 10.6 Å². The van der Waals surface area contributed by atoms with E-state index < -0.39 is 0 Å². The maximum Gasteiger partial charge on any atom is 0.224 e. The van der Waals surface area contributed by atoms with Gasteiger partial charge in [0, 0.05) is 25.1 Å². The fraction of sp³-hybridized carbons (Fsp3) is 0.267. The van der Waals surface area contributed by atoms with Gasteiger partial charge in [0.05, 0.1) is 6.26 Å². The van der Waals surface area contributed by atoms with E-state index in [-0.39, 0.29) is 5.91 Å². The first kappa shape index (κ1) is 13.4. The average Bonchev–Trinajstić information content (AvgIpc) is 2.90. The molecular weight excluding hydrogens is 240 g/mol. The van der Waals surface area contributed by atoms with E-state index in [0.717, 1.165) is 23.6 Å². The van der Waals surface area contributed by atoms with Gasteiger partial charge in [0.25, 0.3) is 0 Å². The van der Waals surface area contributed by atoms with E-state index in [1.54, 1.807) is 6.26 Å². The van der Waals surface area contributed by atoms with E-state index in [4.69, 9.17) is 4.42 Å². The van der Waals surface area contributed by atoms with Gasteiger partial charge in [-0.05, 0) is 36.9 Å². The van der Waals surface area contributed by atoms with Crippen molar-refractivity contribution in [1.29, 1.82) is 0 Å². The molecule has 19 heavy (non-hydrogen) atoms. The summed E-state index contributed by atoms with van der Waals surface area (Å²) < 4.78 is 5.20. The molecule has 0 bridgehead atoms. The summed E-state index contributed by atoms with van der Waals surface area (Å²) in [7, 11) is 1.90. The number of aryl methyl sites for hydroxylation is 1. The van der Waals surface area contributed by atoms with Gasteiger partial charge in [0.1, 0.15) is 5.76 Å². The van der Waals surface area contributed by atoms with Crippen LogP contribution >= 0.6 is 0 Å². The zero-order valence-electron chi connectivity index (χ0n) is 11.0. The van der Waals surface area contributed by atoms with E-state index in [1.165, 1.54) is 0 Å². The topological polar surface area (TPSA) is 54.3 Å². The molecule has 1 aromatic heterocycles. The highest BCUT2D eigenvalue weighted by Crippen LogP contribution is 2.11. The second-order valence-corrected chi connectivity index (χ2v) is 4.36. The van der Waals surface area contributed by atoms with Crippen LogP contribution in [0.25, 0.3) is 0 Å². The van der Waals surface area contributed by atoms with Crippen molar-refractivity contribution in [2.45, 2.75) is 19.4 Å². The molecule has 0 aliphatic rings. The Hall–Kier alpha value is -2.07. The number of hydrogen-bond acceptors (Lipinski definition) is 3. The zero-order chi connectivity index (χ0) is 13.5. The van der Waals surface area contributed by atoms with Crippen LogP contribution < -0.4 is 10.6 Å². The monoisotopic (exact) mass is 258 g/mol. The Kier molecular flexibility index (Phi) is 4.75. The Balaban J connectivity index is 1.86. The normalized spacial score (nSPS) is 10.4. The summed E-state index contributed by atoms with van der Waals surface area (Å²) in [5.74, 6) is 0.831. The molecule has 0 aliphatic heterocycles. The highest BCUT2D eigenvalue weighted by Gasteiger charge is 2.05. The van der Waals surface area contributed by atoms with E-state index in [1.807, 2.05) is 43.4 Å². The Bertz CT molecular complexity index is 521. The third-order valence-electron chi connectivity index (χ3n) is 2.77. The van der Waals surface area contributed by atoms with Gasteiger partial charge in [-0.15, -0.1) is 0 Å². The molecule has 0 saturated carbocycles. The molecular formula is C15H18N2O2. The molecule has 1 amide bonds. The van der Waals surface area contributed by atoms with Gasteiger partial charge in [0.15, 0.2) is 0 Å². The number of carbonyl (C=O) groups is 1. The maximum absolute atomic E-state index is 11.8. The molecule has 4 nitrogen and oxygen atoms in total. The number of amides is 1. The molecule has 2 N–H and O–H groups in total. The van der Waals surface area contributed by atoms with Crippen molar-refractivity contribution in [3.63, 3.8) is 0 Å². The molecule has 0 saturated heterocycles. The lowest BCUT2D eigenvalue weighted by molar-refractivity contribution is -0.116. The SMILES string of the molecule is CNCc1cccc(NC(=O)CCc2ccco2)c1. The van der Waals surface area contributed by atoms with Crippen molar-refractivity contribution in [3.05, 3.63) is 54.0 Å². The maximum atomic E-state index is 11.8. The van der Waals surface area contributed by atoms with Crippen LogP contribution in [-0.2, 0) is 17.8 Å². The fourth-order valence-electron chi connectivity index (χ4n) is 1.88. The number of rotatable bonds is 6. The smallest absolute Gasteiger partial charge is 0.224 e. The Morgan fingerprint density at radius 2 is 2.16 bits per heavy atom. The van der Waals surface area contributed by atoms with Crippen LogP contribution in [0.1, 0.15) is 17.7 Å². The summed E-state index contributed by atoms with van der Waals surface area (Å²) in [6.07, 6.45) is 2.66. The average molecular weight is 258 g/mol. The Morgan fingerprint density at radius 1 is 1.26 bits per heavy atom. The molecule has 0 atom stereocenters. The van der Waals surface area contributed by atoms with Crippen molar-refractivity contribution in [2.75, 3.05) is 12.4 Å². The van der Waals surface area contributed by atoms with Crippen molar-refractivity contribution >= 4 is 11.6 Å². The Morgan fingerprint density at radius 3 is 2.89 bits per heavy atom. The van der Waals surface area contributed by atoms with Crippen LogP contribution in [0.15, 0.2) is 47.1 Å². The molecule has 2 rings (SSSR count). The predicted octanol–water partition coefficient (Wildman–Crippen LogP) is 2.57. The molecule has 0 fully saturated rings. The van der Waals surface area contributed by atoms with Crippen molar-refractivity contribution in [1.82, 2.24) is 5.32 Å². The van der Waals surface area contributed by atoms with Crippen LogP contribution in [0.3, 0.4) is 0 Å². The number of hydrogen-bond donors (Lipinski definition) is 2. The van der Waals surface area contributed by atoms with E-state index in [0.29, 0.717) is 12.8 Å². The number of carbonyl (C=O) groups excluding carboxylic acids is 1. The predicted molar refractivity (Wildman–Crippen MR) is 74.9 cm³/mol.